The predicted molar refractivity (Wildman–Crippen MR) is 89.2 cm³/mol. The van der Waals surface area contributed by atoms with Crippen LogP contribution in [0.5, 0.6) is 11.5 Å². The normalized spacial score (nSPS) is 10.6. The molecular weight excluding hydrogens is 284 g/mol. The maximum absolute atomic E-state index is 11.9. The molecule has 3 nitrogen and oxygen atoms in total. The number of unbranched alkanes of at least 4 members (excludes halogenated alkanes) is 5. The molecule has 0 unspecified atom stereocenters. The predicted octanol–water partition coefficient (Wildman–Crippen LogP) is 4.56. The van der Waals surface area contributed by atoms with Gasteiger partial charge in [-0.25, -0.2) is 0 Å². The Morgan fingerprint density at radius 3 is 2.62 bits per heavy atom. The van der Waals surface area contributed by atoms with Gasteiger partial charge in [0, 0.05) is 12.2 Å². The smallest absolute Gasteiger partial charge is 0.193 e. The van der Waals surface area contributed by atoms with Crippen LogP contribution in [0, 0.1) is 0 Å². The molecule has 0 aliphatic rings. The van der Waals surface area contributed by atoms with Crippen LogP contribution in [0.2, 0.25) is 0 Å². The lowest BCUT2D eigenvalue weighted by atomic mass is 10.1. The molecule has 0 aromatic heterocycles. The van der Waals surface area contributed by atoms with Gasteiger partial charge < -0.3 is 9.84 Å². The van der Waals surface area contributed by atoms with Gasteiger partial charge in [-0.1, -0.05) is 56.9 Å². The molecule has 0 spiro atoms. The van der Waals surface area contributed by atoms with Crippen LogP contribution < -0.4 is 4.74 Å². The average Bonchev–Trinajstić information content (AvgIpc) is 2.48. The summed E-state index contributed by atoms with van der Waals surface area (Å²) in [5.74, 6) is 1.43. The number of hydrogen-bond donors (Lipinski definition) is 1. The van der Waals surface area contributed by atoms with Crippen LogP contribution in [0.25, 0.3) is 0 Å². The van der Waals surface area contributed by atoms with Gasteiger partial charge in [-0.15, -0.1) is 0 Å². The highest BCUT2D eigenvalue weighted by Gasteiger charge is 2.08. The number of rotatable bonds is 10. The van der Waals surface area contributed by atoms with E-state index in [1.807, 2.05) is 0 Å². The van der Waals surface area contributed by atoms with E-state index in [0.717, 1.165) is 17.7 Å². The Morgan fingerprint density at radius 1 is 1.19 bits per heavy atom. The standard InChI is InChI=1S/C17H26O3S/c1-3-4-5-6-7-8-11-21-17(19)13-14-9-10-15(18)16(12-14)20-2/h9-10,12,18H,3-8,11,13H2,1-2H3. The highest BCUT2D eigenvalue weighted by atomic mass is 32.2. The minimum Gasteiger partial charge on any atom is -0.504 e. The first-order chi connectivity index (χ1) is 10.2. The maximum Gasteiger partial charge on any atom is 0.193 e. The SMILES string of the molecule is CCCCCCCCSC(=O)Cc1ccc(O)c(OC)c1. The van der Waals surface area contributed by atoms with Crippen molar-refractivity contribution in [3.63, 3.8) is 0 Å². The molecule has 21 heavy (non-hydrogen) atoms. The number of phenolic OH excluding ortho intramolecular Hbond substituents is 1. The lowest BCUT2D eigenvalue weighted by Crippen LogP contribution is -1.99. The molecule has 0 radical (unpaired) electrons. The van der Waals surface area contributed by atoms with E-state index in [2.05, 4.69) is 6.92 Å². The number of ether oxygens (including phenoxy) is 1. The van der Waals surface area contributed by atoms with Crippen molar-refractivity contribution < 1.29 is 14.6 Å². The Kier molecular flexibility index (Phi) is 8.99. The number of phenols is 1. The van der Waals surface area contributed by atoms with Gasteiger partial charge in [-0.3, -0.25) is 4.79 Å². The van der Waals surface area contributed by atoms with E-state index in [1.54, 1.807) is 18.2 Å². The van der Waals surface area contributed by atoms with Crippen molar-refractivity contribution >= 4 is 16.9 Å². The number of carbonyl (C=O) groups excluding carboxylic acids is 1. The van der Waals surface area contributed by atoms with Crippen LogP contribution in [0.3, 0.4) is 0 Å². The number of benzene rings is 1. The number of carbonyl (C=O) groups is 1. The number of thioether (sulfide) groups is 1. The topological polar surface area (TPSA) is 46.5 Å². The van der Waals surface area contributed by atoms with Crippen LogP contribution in [0.15, 0.2) is 18.2 Å². The van der Waals surface area contributed by atoms with Crippen LogP contribution >= 0.6 is 11.8 Å². The fourth-order valence-electron chi connectivity index (χ4n) is 2.12. The van der Waals surface area contributed by atoms with Gasteiger partial charge in [0.1, 0.15) is 0 Å². The van der Waals surface area contributed by atoms with Crippen molar-refractivity contribution in [3.8, 4) is 11.5 Å². The second-order valence-corrected chi connectivity index (χ2v) is 6.32. The third-order valence-corrected chi connectivity index (χ3v) is 4.31. The van der Waals surface area contributed by atoms with E-state index in [-0.39, 0.29) is 10.9 Å². The molecule has 0 heterocycles. The molecule has 0 atom stereocenters. The first kappa shape index (κ1) is 17.9. The van der Waals surface area contributed by atoms with E-state index >= 15 is 0 Å². The first-order valence-corrected chi connectivity index (χ1v) is 8.67. The molecule has 1 N–H and O–H groups in total. The summed E-state index contributed by atoms with van der Waals surface area (Å²) >= 11 is 1.41. The van der Waals surface area contributed by atoms with Gasteiger partial charge in [0.05, 0.1) is 7.11 Å². The summed E-state index contributed by atoms with van der Waals surface area (Å²) in [6, 6.07) is 5.06. The summed E-state index contributed by atoms with van der Waals surface area (Å²) in [6.45, 7) is 2.22. The van der Waals surface area contributed by atoms with E-state index in [0.29, 0.717) is 12.2 Å². The lowest BCUT2D eigenvalue weighted by molar-refractivity contribution is -0.110. The molecule has 4 heteroatoms. The van der Waals surface area contributed by atoms with Crippen molar-refractivity contribution in [2.75, 3.05) is 12.9 Å². The lowest BCUT2D eigenvalue weighted by Gasteiger charge is -2.06. The van der Waals surface area contributed by atoms with E-state index in [4.69, 9.17) is 4.74 Å². The average molecular weight is 310 g/mol. The maximum atomic E-state index is 11.9. The van der Waals surface area contributed by atoms with Gasteiger partial charge in [0.25, 0.3) is 0 Å². The van der Waals surface area contributed by atoms with Crippen LogP contribution in [0.4, 0.5) is 0 Å². The Labute approximate surface area is 132 Å². The van der Waals surface area contributed by atoms with E-state index < -0.39 is 0 Å². The van der Waals surface area contributed by atoms with Crippen molar-refractivity contribution in [1.29, 1.82) is 0 Å². The molecule has 0 saturated carbocycles. The summed E-state index contributed by atoms with van der Waals surface area (Å²) in [5, 5.41) is 9.69. The van der Waals surface area contributed by atoms with Crippen molar-refractivity contribution in [2.45, 2.75) is 51.9 Å². The molecule has 0 amide bonds. The zero-order valence-electron chi connectivity index (χ0n) is 13.1. The third kappa shape index (κ3) is 7.42. The summed E-state index contributed by atoms with van der Waals surface area (Å²) in [6.07, 6.45) is 7.88. The van der Waals surface area contributed by atoms with Crippen molar-refractivity contribution in [3.05, 3.63) is 23.8 Å². The second kappa shape index (κ2) is 10.6. The third-order valence-electron chi connectivity index (χ3n) is 3.35. The molecule has 1 aromatic rings. The number of methoxy groups -OCH3 is 1. The van der Waals surface area contributed by atoms with Crippen LogP contribution in [-0.4, -0.2) is 23.1 Å². The van der Waals surface area contributed by atoms with Gasteiger partial charge >= 0.3 is 0 Å². The number of hydrogen-bond acceptors (Lipinski definition) is 4. The van der Waals surface area contributed by atoms with Crippen LogP contribution in [-0.2, 0) is 11.2 Å². The minimum absolute atomic E-state index is 0.105. The monoisotopic (exact) mass is 310 g/mol. The summed E-state index contributed by atoms with van der Waals surface area (Å²) in [4.78, 5) is 11.9. The largest absolute Gasteiger partial charge is 0.504 e. The zero-order chi connectivity index (χ0) is 15.5. The fraction of sp³-hybridized carbons (Fsp3) is 0.588. The Bertz CT molecular complexity index is 432. The molecular formula is C17H26O3S. The molecule has 1 aromatic carbocycles. The quantitative estimate of drug-likeness (QED) is 0.643. The molecule has 0 saturated heterocycles. The molecule has 1 rings (SSSR count). The highest BCUT2D eigenvalue weighted by Crippen LogP contribution is 2.27. The first-order valence-electron chi connectivity index (χ1n) is 7.69. The number of aromatic hydroxyl groups is 1. The molecule has 0 aliphatic heterocycles. The van der Waals surface area contributed by atoms with Crippen molar-refractivity contribution in [1.82, 2.24) is 0 Å². The second-order valence-electron chi connectivity index (χ2n) is 5.17. The van der Waals surface area contributed by atoms with Gasteiger partial charge in [0.2, 0.25) is 0 Å². The van der Waals surface area contributed by atoms with Gasteiger partial charge in [-0.05, 0) is 24.1 Å². The molecule has 118 valence electrons. The van der Waals surface area contributed by atoms with Gasteiger partial charge in [-0.2, -0.15) is 0 Å². The molecule has 0 bridgehead atoms. The molecule has 0 aliphatic carbocycles. The summed E-state index contributed by atoms with van der Waals surface area (Å²) < 4.78 is 5.04. The Morgan fingerprint density at radius 2 is 1.90 bits per heavy atom. The Balaban J connectivity index is 2.21. The summed E-state index contributed by atoms with van der Waals surface area (Å²) in [5.41, 5.74) is 0.880. The summed E-state index contributed by atoms with van der Waals surface area (Å²) in [7, 11) is 1.51. The minimum atomic E-state index is 0.105. The fourth-order valence-corrected chi connectivity index (χ4v) is 2.96. The van der Waals surface area contributed by atoms with Crippen LogP contribution in [0.1, 0.15) is 51.0 Å². The Hall–Kier alpha value is -1.16. The van der Waals surface area contributed by atoms with E-state index in [9.17, 15) is 9.90 Å². The van der Waals surface area contributed by atoms with Crippen molar-refractivity contribution in [2.24, 2.45) is 0 Å². The van der Waals surface area contributed by atoms with E-state index in [1.165, 1.54) is 51.0 Å². The molecule has 0 fully saturated rings. The highest BCUT2D eigenvalue weighted by molar-refractivity contribution is 8.13. The van der Waals surface area contributed by atoms with Gasteiger partial charge in [0.15, 0.2) is 16.6 Å². The zero-order valence-corrected chi connectivity index (χ0v) is 13.9.